The third-order valence-electron chi connectivity index (χ3n) is 6.05. The van der Waals surface area contributed by atoms with E-state index in [0.29, 0.717) is 18.0 Å². The van der Waals surface area contributed by atoms with Gasteiger partial charge in [0.1, 0.15) is 0 Å². The lowest BCUT2D eigenvalue weighted by atomic mass is 9.73. The smallest absolute Gasteiger partial charge is 0.251 e. The van der Waals surface area contributed by atoms with E-state index in [2.05, 4.69) is 24.1 Å². The molecule has 0 aliphatic carbocycles. The number of hydrogen-bond acceptors (Lipinski definition) is 4. The van der Waals surface area contributed by atoms with E-state index in [1.807, 2.05) is 25.2 Å². The second kappa shape index (κ2) is 8.62. The number of carbonyl (C=O) groups excluding carboxylic acids is 2. The van der Waals surface area contributed by atoms with Crippen LogP contribution in [-0.2, 0) is 14.9 Å². The number of nitrogens with zero attached hydrogens (tertiary/aromatic N) is 2. The summed E-state index contributed by atoms with van der Waals surface area (Å²) < 4.78 is 5.15. The largest absolute Gasteiger partial charge is 0.385 e. The first-order valence-electron chi connectivity index (χ1n) is 10.3. The topological polar surface area (TPSA) is 61.9 Å². The Kier molecular flexibility index (Phi) is 6.40. The van der Waals surface area contributed by atoms with Gasteiger partial charge in [-0.2, -0.15) is 0 Å². The highest BCUT2D eigenvalue weighted by Crippen LogP contribution is 2.47. The Morgan fingerprint density at radius 2 is 2.00 bits per heavy atom. The summed E-state index contributed by atoms with van der Waals surface area (Å²) in [6.07, 6.45) is 2.61. The van der Waals surface area contributed by atoms with Gasteiger partial charge in [0.15, 0.2) is 0 Å². The van der Waals surface area contributed by atoms with Gasteiger partial charge in [-0.25, -0.2) is 0 Å². The molecule has 28 heavy (non-hydrogen) atoms. The molecule has 2 aliphatic rings. The molecule has 2 heterocycles. The summed E-state index contributed by atoms with van der Waals surface area (Å²) >= 11 is 0. The molecule has 1 N–H and O–H groups in total. The summed E-state index contributed by atoms with van der Waals surface area (Å²) in [7, 11) is 3.57. The van der Waals surface area contributed by atoms with Crippen LogP contribution >= 0.6 is 0 Å². The number of fused-ring (bicyclic) bond motifs is 2. The minimum absolute atomic E-state index is 0.0642. The van der Waals surface area contributed by atoms with Gasteiger partial charge < -0.3 is 19.9 Å². The number of carbonyl (C=O) groups is 2. The Morgan fingerprint density at radius 1 is 1.29 bits per heavy atom. The van der Waals surface area contributed by atoms with Gasteiger partial charge in [-0.05, 0) is 62.0 Å². The van der Waals surface area contributed by atoms with Crippen LogP contribution in [0.25, 0.3) is 0 Å². The van der Waals surface area contributed by atoms with Gasteiger partial charge in [-0.15, -0.1) is 0 Å². The zero-order valence-corrected chi connectivity index (χ0v) is 17.6. The number of nitrogens with one attached hydrogen (secondary N) is 1. The number of likely N-dealkylation sites (N-methyl/N-ethyl adjacent to an activating group) is 1. The van der Waals surface area contributed by atoms with Crippen LogP contribution in [0.3, 0.4) is 0 Å². The van der Waals surface area contributed by atoms with Crippen LogP contribution in [0.5, 0.6) is 0 Å². The highest BCUT2D eigenvalue weighted by molar-refractivity contribution is 6.09. The molecule has 1 spiro atoms. The number of piperidine rings is 1. The monoisotopic (exact) mass is 387 g/mol. The van der Waals surface area contributed by atoms with E-state index >= 15 is 0 Å². The average molecular weight is 388 g/mol. The predicted octanol–water partition coefficient (Wildman–Crippen LogP) is 2.42. The molecular formula is C22H33N3O3. The SMILES string of the molecule is COCCCN1CCC2(CC1)C(=O)N(C)c1ccc(C(=O)NCC(C)C)cc12. The molecule has 0 atom stereocenters. The number of amides is 2. The van der Waals surface area contributed by atoms with Crippen LogP contribution in [0.1, 0.15) is 49.0 Å². The predicted molar refractivity (Wildman–Crippen MR) is 111 cm³/mol. The third kappa shape index (κ3) is 3.94. The highest BCUT2D eigenvalue weighted by atomic mass is 16.5. The fraction of sp³-hybridized carbons (Fsp3) is 0.636. The summed E-state index contributed by atoms with van der Waals surface area (Å²) in [4.78, 5) is 29.9. The standard InChI is InChI=1S/C22H33N3O3/c1-16(2)15-23-20(26)17-6-7-19-18(14-17)22(21(27)24(19)3)8-11-25(12-9-22)10-5-13-28-4/h6-7,14,16H,5,8-13,15H2,1-4H3,(H,23,26). The Balaban J connectivity index is 1.79. The first-order valence-corrected chi connectivity index (χ1v) is 10.3. The maximum atomic E-state index is 13.2. The molecule has 0 radical (unpaired) electrons. The van der Waals surface area contributed by atoms with E-state index in [4.69, 9.17) is 4.74 Å². The van der Waals surface area contributed by atoms with Crippen molar-refractivity contribution in [2.24, 2.45) is 5.92 Å². The van der Waals surface area contributed by atoms with Gasteiger partial charge >= 0.3 is 0 Å². The second-order valence-corrected chi connectivity index (χ2v) is 8.47. The van der Waals surface area contributed by atoms with Gasteiger partial charge in [0.25, 0.3) is 5.91 Å². The second-order valence-electron chi connectivity index (χ2n) is 8.47. The molecule has 0 saturated carbocycles. The molecular weight excluding hydrogens is 354 g/mol. The first-order chi connectivity index (χ1) is 13.4. The number of methoxy groups -OCH3 is 1. The fourth-order valence-corrected chi connectivity index (χ4v) is 4.37. The molecule has 1 saturated heterocycles. The molecule has 2 aliphatic heterocycles. The van der Waals surface area contributed by atoms with Crippen molar-refractivity contribution in [2.45, 2.75) is 38.5 Å². The van der Waals surface area contributed by atoms with Gasteiger partial charge in [0, 0.05) is 45.1 Å². The lowest BCUT2D eigenvalue weighted by Crippen LogP contribution is -2.48. The van der Waals surface area contributed by atoms with Crippen LogP contribution in [-0.4, -0.2) is 63.7 Å². The van der Waals surface area contributed by atoms with Gasteiger partial charge in [0.2, 0.25) is 5.91 Å². The van der Waals surface area contributed by atoms with Crippen LogP contribution in [0.2, 0.25) is 0 Å². The van der Waals surface area contributed by atoms with E-state index in [1.165, 1.54) is 0 Å². The van der Waals surface area contributed by atoms with Gasteiger partial charge in [-0.3, -0.25) is 9.59 Å². The minimum Gasteiger partial charge on any atom is -0.385 e. The maximum absolute atomic E-state index is 13.2. The van der Waals surface area contributed by atoms with Gasteiger partial charge in [0.05, 0.1) is 5.41 Å². The van der Waals surface area contributed by atoms with Crippen molar-refractivity contribution in [3.63, 3.8) is 0 Å². The molecule has 2 amide bonds. The number of ether oxygens (including phenoxy) is 1. The molecule has 0 aromatic heterocycles. The summed E-state index contributed by atoms with van der Waals surface area (Å²) in [6.45, 7) is 8.35. The third-order valence-corrected chi connectivity index (χ3v) is 6.05. The van der Waals surface area contributed by atoms with E-state index in [9.17, 15) is 9.59 Å². The zero-order chi connectivity index (χ0) is 20.3. The summed E-state index contributed by atoms with van der Waals surface area (Å²) in [5.41, 5.74) is 2.12. The first kappa shape index (κ1) is 20.8. The van der Waals surface area contributed by atoms with E-state index in [-0.39, 0.29) is 11.8 Å². The average Bonchev–Trinajstić information content (AvgIpc) is 2.89. The lowest BCUT2D eigenvalue weighted by Gasteiger charge is -2.38. The van der Waals surface area contributed by atoms with Crippen LogP contribution in [0.4, 0.5) is 5.69 Å². The number of hydrogen-bond donors (Lipinski definition) is 1. The minimum atomic E-state index is -0.490. The number of benzene rings is 1. The normalized spacial score (nSPS) is 18.8. The van der Waals surface area contributed by atoms with Crippen molar-refractivity contribution in [2.75, 3.05) is 51.8 Å². The molecule has 1 aromatic carbocycles. The van der Waals surface area contributed by atoms with E-state index in [1.54, 1.807) is 12.0 Å². The molecule has 6 heteroatoms. The number of likely N-dealkylation sites (tertiary alicyclic amines) is 1. The van der Waals surface area contributed by atoms with Crippen molar-refractivity contribution in [1.29, 1.82) is 0 Å². The van der Waals surface area contributed by atoms with Crippen LogP contribution < -0.4 is 10.2 Å². The van der Waals surface area contributed by atoms with E-state index < -0.39 is 5.41 Å². The van der Waals surface area contributed by atoms with Crippen molar-refractivity contribution < 1.29 is 14.3 Å². The van der Waals surface area contributed by atoms with Crippen molar-refractivity contribution >= 4 is 17.5 Å². The van der Waals surface area contributed by atoms with Crippen molar-refractivity contribution in [1.82, 2.24) is 10.2 Å². The molecule has 154 valence electrons. The zero-order valence-electron chi connectivity index (χ0n) is 17.6. The van der Waals surface area contributed by atoms with Crippen molar-refractivity contribution in [3.05, 3.63) is 29.3 Å². The molecule has 0 unspecified atom stereocenters. The van der Waals surface area contributed by atoms with Crippen LogP contribution in [0, 0.1) is 5.92 Å². The Morgan fingerprint density at radius 3 is 2.64 bits per heavy atom. The van der Waals surface area contributed by atoms with Crippen LogP contribution in [0.15, 0.2) is 18.2 Å². The molecule has 6 nitrogen and oxygen atoms in total. The maximum Gasteiger partial charge on any atom is 0.251 e. The molecule has 1 fully saturated rings. The summed E-state index contributed by atoms with van der Waals surface area (Å²) in [5, 5.41) is 2.98. The number of anilines is 1. The molecule has 1 aromatic rings. The quantitative estimate of drug-likeness (QED) is 0.730. The van der Waals surface area contributed by atoms with Crippen molar-refractivity contribution in [3.8, 4) is 0 Å². The Hall–Kier alpha value is -1.92. The lowest BCUT2D eigenvalue weighted by molar-refractivity contribution is -0.124. The highest BCUT2D eigenvalue weighted by Gasteiger charge is 2.51. The molecule has 3 rings (SSSR count). The van der Waals surface area contributed by atoms with Gasteiger partial charge in [-0.1, -0.05) is 13.8 Å². The summed E-state index contributed by atoms with van der Waals surface area (Å²) in [6, 6.07) is 5.71. The molecule has 0 bridgehead atoms. The Labute approximate surface area is 168 Å². The van der Waals surface area contributed by atoms with E-state index in [0.717, 1.165) is 56.8 Å². The number of rotatable bonds is 7. The Bertz CT molecular complexity index is 724. The fourth-order valence-electron chi connectivity index (χ4n) is 4.37. The summed E-state index contributed by atoms with van der Waals surface area (Å²) in [5.74, 6) is 0.504.